The molecule has 0 radical (unpaired) electrons. The molecule has 0 spiro atoms. The minimum absolute atomic E-state index is 0.781. The maximum Gasteiger partial charge on any atom is 0.172 e. The van der Waals surface area contributed by atoms with E-state index in [9.17, 15) is 0 Å². The fourth-order valence-electron chi connectivity index (χ4n) is 4.89. The number of aryl methyl sites for hydroxylation is 1. The smallest absolute Gasteiger partial charge is 0.172 e. The lowest BCUT2D eigenvalue weighted by Crippen LogP contribution is -2.42. The van der Waals surface area contributed by atoms with Crippen molar-refractivity contribution in [3.63, 3.8) is 0 Å². The van der Waals surface area contributed by atoms with Gasteiger partial charge in [0.25, 0.3) is 0 Å². The van der Waals surface area contributed by atoms with Crippen LogP contribution in [-0.2, 0) is 17.6 Å². The first-order valence-electron chi connectivity index (χ1n) is 10.8. The van der Waals surface area contributed by atoms with E-state index in [1.165, 1.54) is 35.2 Å². The summed E-state index contributed by atoms with van der Waals surface area (Å²) in [6, 6.07) is 0. The third-order valence-corrected chi connectivity index (χ3v) is 8.47. The van der Waals surface area contributed by atoms with Gasteiger partial charge in [0.2, 0.25) is 0 Å². The number of ether oxygens (including phenoxy) is 1. The Balaban J connectivity index is 1.53. The molecular weight excluding hydrogens is 513 g/mol. The maximum absolute atomic E-state index is 5.59. The molecule has 2 fully saturated rings. The third kappa shape index (κ3) is 3.23. The molecular formula is C20H24IN7OS. The number of hydrogen-bond acceptors (Lipinski definition) is 9. The van der Waals surface area contributed by atoms with Gasteiger partial charge in [0.1, 0.15) is 20.9 Å². The van der Waals surface area contributed by atoms with Gasteiger partial charge < -0.3 is 14.5 Å². The fourth-order valence-corrected chi connectivity index (χ4v) is 6.47. The van der Waals surface area contributed by atoms with Gasteiger partial charge in [0.05, 0.1) is 13.2 Å². The summed E-state index contributed by atoms with van der Waals surface area (Å²) in [5, 5.41) is 14.4. The van der Waals surface area contributed by atoms with E-state index in [-0.39, 0.29) is 0 Å². The molecule has 1 aliphatic carbocycles. The van der Waals surface area contributed by atoms with Crippen LogP contribution in [0.15, 0.2) is 0 Å². The van der Waals surface area contributed by atoms with Crippen LogP contribution in [0, 0.1) is 0 Å². The van der Waals surface area contributed by atoms with Crippen LogP contribution in [0.4, 0.5) is 11.6 Å². The Bertz CT molecular complexity index is 1090. The lowest BCUT2D eigenvalue weighted by Gasteiger charge is -2.31. The Morgan fingerprint density at radius 2 is 1.57 bits per heavy atom. The number of fused-ring (bicyclic) bond motifs is 5. The summed E-state index contributed by atoms with van der Waals surface area (Å²) in [7, 11) is 0. The minimum Gasteiger partial charge on any atom is -0.378 e. The van der Waals surface area contributed by atoms with Crippen molar-refractivity contribution in [1.82, 2.24) is 23.5 Å². The van der Waals surface area contributed by atoms with Crippen LogP contribution in [0.3, 0.4) is 0 Å². The van der Waals surface area contributed by atoms with Crippen LogP contribution in [-0.4, -0.2) is 76.0 Å². The molecule has 3 aliphatic rings. The first kappa shape index (κ1) is 19.3. The predicted molar refractivity (Wildman–Crippen MR) is 128 cm³/mol. The molecule has 0 unspecified atom stereocenters. The molecule has 158 valence electrons. The van der Waals surface area contributed by atoms with Crippen LogP contribution in [0.1, 0.15) is 24.0 Å². The van der Waals surface area contributed by atoms with Crippen LogP contribution in [0.25, 0.3) is 20.4 Å². The molecule has 0 atom stereocenters. The predicted octanol–water partition coefficient (Wildman–Crippen LogP) is 2.82. The molecule has 0 bridgehead atoms. The van der Waals surface area contributed by atoms with E-state index in [2.05, 4.69) is 51.2 Å². The topological polar surface area (TPSA) is 70.5 Å². The van der Waals surface area contributed by atoms with Crippen LogP contribution >= 0.6 is 34.2 Å². The molecule has 0 aromatic carbocycles. The maximum atomic E-state index is 5.59. The number of aromatic nitrogens is 4. The summed E-state index contributed by atoms with van der Waals surface area (Å²) in [5.41, 5.74) is 3.87. The van der Waals surface area contributed by atoms with E-state index in [1.54, 1.807) is 11.3 Å². The Morgan fingerprint density at radius 1 is 0.833 bits per heavy atom. The second-order valence-corrected chi connectivity index (χ2v) is 10.5. The van der Waals surface area contributed by atoms with Gasteiger partial charge in [-0.25, -0.2) is 8.10 Å². The Labute approximate surface area is 193 Å². The summed E-state index contributed by atoms with van der Waals surface area (Å²) in [5.74, 6) is 2.15. The quantitative estimate of drug-likeness (QED) is 0.365. The third-order valence-electron chi connectivity index (χ3n) is 6.43. The highest BCUT2D eigenvalue weighted by atomic mass is 127. The summed E-state index contributed by atoms with van der Waals surface area (Å²) >= 11 is 4.14. The average molecular weight is 537 g/mol. The zero-order valence-corrected chi connectivity index (χ0v) is 19.8. The van der Waals surface area contributed by atoms with Crippen molar-refractivity contribution in [3.05, 3.63) is 11.1 Å². The minimum atomic E-state index is 0.781. The Hall–Kier alpha value is -1.37. The van der Waals surface area contributed by atoms with E-state index < -0.39 is 0 Å². The zero-order valence-electron chi connectivity index (χ0n) is 16.8. The number of rotatable bonds is 2. The van der Waals surface area contributed by atoms with E-state index in [0.717, 1.165) is 86.2 Å². The molecule has 2 saturated heterocycles. The van der Waals surface area contributed by atoms with Gasteiger partial charge in [0.15, 0.2) is 5.82 Å². The lowest BCUT2D eigenvalue weighted by atomic mass is 9.90. The number of pyridine rings is 1. The molecule has 0 saturated carbocycles. The van der Waals surface area contributed by atoms with Crippen molar-refractivity contribution < 1.29 is 4.74 Å². The van der Waals surface area contributed by atoms with Crippen molar-refractivity contribution in [2.45, 2.75) is 25.7 Å². The molecule has 6 rings (SSSR count). The van der Waals surface area contributed by atoms with Gasteiger partial charge in [-0.3, -0.25) is 0 Å². The second-order valence-electron chi connectivity index (χ2n) is 8.17. The number of anilines is 2. The van der Waals surface area contributed by atoms with Crippen LogP contribution in [0.5, 0.6) is 0 Å². The summed E-state index contributed by atoms with van der Waals surface area (Å²) in [6.07, 6.45) is 4.67. The average Bonchev–Trinajstić information content (AvgIpc) is 3.19. The highest BCUT2D eigenvalue weighted by molar-refractivity contribution is 14.1. The lowest BCUT2D eigenvalue weighted by molar-refractivity contribution is 0.122. The second kappa shape index (κ2) is 7.95. The summed E-state index contributed by atoms with van der Waals surface area (Å²) in [6.45, 7) is 7.40. The molecule has 3 aromatic rings. The van der Waals surface area contributed by atoms with Crippen LogP contribution in [0.2, 0.25) is 0 Å². The van der Waals surface area contributed by atoms with Crippen molar-refractivity contribution >= 4 is 66.3 Å². The molecule has 3 aromatic heterocycles. The van der Waals surface area contributed by atoms with Crippen molar-refractivity contribution in [1.29, 1.82) is 0 Å². The summed E-state index contributed by atoms with van der Waals surface area (Å²) < 4.78 is 9.06. The highest BCUT2D eigenvalue weighted by Crippen LogP contribution is 2.43. The van der Waals surface area contributed by atoms with Gasteiger partial charge in [-0.15, -0.1) is 21.5 Å². The largest absolute Gasteiger partial charge is 0.378 e. The van der Waals surface area contributed by atoms with Crippen molar-refractivity contribution in [2.24, 2.45) is 0 Å². The highest BCUT2D eigenvalue weighted by Gasteiger charge is 2.28. The van der Waals surface area contributed by atoms with Gasteiger partial charge in [-0.2, -0.15) is 0 Å². The van der Waals surface area contributed by atoms with Gasteiger partial charge >= 0.3 is 0 Å². The molecule has 8 nitrogen and oxygen atoms in total. The zero-order chi connectivity index (χ0) is 20.1. The molecule has 0 N–H and O–H groups in total. The monoisotopic (exact) mass is 537 g/mol. The number of hydrogen-bond donors (Lipinski definition) is 0. The number of morpholine rings is 1. The molecule has 30 heavy (non-hydrogen) atoms. The number of thiophene rings is 1. The van der Waals surface area contributed by atoms with E-state index in [1.807, 2.05) is 0 Å². The van der Waals surface area contributed by atoms with Crippen molar-refractivity contribution in [2.75, 3.05) is 62.3 Å². The summed E-state index contributed by atoms with van der Waals surface area (Å²) in [4.78, 5) is 11.1. The SMILES string of the molecule is IN1CCN(c2nnnc3c2sc2nc(N4CCOCC4)c4c(c23)CCCC4)CC1. The number of nitrogens with zero attached hydrogens (tertiary/aromatic N) is 7. The molecule has 10 heteroatoms. The standard InChI is InChI=1S/C20H24IN7OS/c21-28-7-5-26(6-8-28)19-17-16(23-25-24-19)15-13-3-1-2-4-14(13)18(22-20(15)30-17)27-9-11-29-12-10-27/h1-12H2. The van der Waals surface area contributed by atoms with Gasteiger partial charge in [-0.1, -0.05) is 0 Å². The molecule has 0 amide bonds. The van der Waals surface area contributed by atoms with Gasteiger partial charge in [-0.05, 0) is 42.0 Å². The van der Waals surface area contributed by atoms with Crippen LogP contribution < -0.4 is 9.80 Å². The van der Waals surface area contributed by atoms with Crippen molar-refractivity contribution in [3.8, 4) is 0 Å². The van der Waals surface area contributed by atoms with Gasteiger partial charge in [0, 0.05) is 67.5 Å². The van der Waals surface area contributed by atoms with E-state index in [0.29, 0.717) is 0 Å². The Kier molecular flexibility index (Phi) is 5.12. The first-order chi connectivity index (χ1) is 14.8. The molecule has 5 heterocycles. The van der Waals surface area contributed by atoms with E-state index >= 15 is 0 Å². The van der Waals surface area contributed by atoms with E-state index in [4.69, 9.17) is 9.72 Å². The Morgan fingerprint density at radius 3 is 2.37 bits per heavy atom. The normalized spacial score (nSPS) is 20.8. The first-order valence-corrected chi connectivity index (χ1v) is 12.5. The number of piperazine rings is 1. The molecule has 2 aliphatic heterocycles. The number of halogens is 1. The fraction of sp³-hybridized carbons (Fsp3) is 0.600.